The van der Waals surface area contributed by atoms with E-state index in [1.54, 1.807) is 30.3 Å². The maximum absolute atomic E-state index is 14.0. The standard InChI is InChI=1S/C23H30FN3O3.ClH/c1-2-3-15-30-23(29)25-19-8-6-7-18(16-19)22(28)17-26-11-13-27(14-12-26)21-10-5-4-9-20(21)24;/h4-10,16,22,28H,2-3,11-15,17H2,1H3,(H,25,29);1H. The van der Waals surface area contributed by atoms with Crippen molar-refractivity contribution in [3.05, 3.63) is 59.9 Å². The van der Waals surface area contributed by atoms with Gasteiger partial charge in [0.2, 0.25) is 0 Å². The number of rotatable bonds is 8. The lowest BCUT2D eigenvalue weighted by Gasteiger charge is -2.37. The summed E-state index contributed by atoms with van der Waals surface area (Å²) in [5, 5.41) is 13.4. The normalized spacial score (nSPS) is 15.1. The number of amides is 1. The van der Waals surface area contributed by atoms with E-state index >= 15 is 0 Å². The van der Waals surface area contributed by atoms with E-state index in [0.717, 1.165) is 31.5 Å². The summed E-state index contributed by atoms with van der Waals surface area (Å²) in [5.41, 5.74) is 1.96. The molecule has 170 valence electrons. The molecule has 1 unspecified atom stereocenters. The van der Waals surface area contributed by atoms with Crippen LogP contribution < -0.4 is 10.2 Å². The Morgan fingerprint density at radius 2 is 1.90 bits per heavy atom. The molecule has 1 saturated heterocycles. The molecule has 1 aliphatic rings. The third-order valence-corrected chi connectivity index (χ3v) is 5.25. The van der Waals surface area contributed by atoms with Crippen molar-refractivity contribution in [3.63, 3.8) is 0 Å². The summed E-state index contributed by atoms with van der Waals surface area (Å²) >= 11 is 0. The minimum absolute atomic E-state index is 0. The number of para-hydroxylation sites is 1. The first-order valence-corrected chi connectivity index (χ1v) is 10.5. The van der Waals surface area contributed by atoms with Gasteiger partial charge < -0.3 is 14.7 Å². The van der Waals surface area contributed by atoms with Crippen molar-refractivity contribution in [1.29, 1.82) is 0 Å². The molecule has 2 N–H and O–H groups in total. The summed E-state index contributed by atoms with van der Waals surface area (Å²) in [7, 11) is 0. The average Bonchev–Trinajstić information content (AvgIpc) is 2.75. The lowest BCUT2D eigenvalue weighted by atomic mass is 10.1. The van der Waals surface area contributed by atoms with Crippen LogP contribution >= 0.6 is 12.4 Å². The quantitative estimate of drug-likeness (QED) is 0.580. The second-order valence-electron chi connectivity index (χ2n) is 7.49. The maximum Gasteiger partial charge on any atom is 0.411 e. The largest absolute Gasteiger partial charge is 0.449 e. The molecule has 0 spiro atoms. The lowest BCUT2D eigenvalue weighted by Crippen LogP contribution is -2.47. The van der Waals surface area contributed by atoms with Crippen LogP contribution in [-0.2, 0) is 4.74 Å². The van der Waals surface area contributed by atoms with Gasteiger partial charge in [-0.3, -0.25) is 10.2 Å². The Bertz CT molecular complexity index is 831. The molecule has 1 aliphatic heterocycles. The first kappa shape index (κ1) is 24.9. The molecule has 31 heavy (non-hydrogen) atoms. The monoisotopic (exact) mass is 451 g/mol. The number of aliphatic hydroxyl groups excluding tert-OH is 1. The fraction of sp³-hybridized carbons (Fsp3) is 0.435. The van der Waals surface area contributed by atoms with E-state index in [1.165, 1.54) is 6.07 Å². The zero-order valence-corrected chi connectivity index (χ0v) is 18.6. The number of hydrogen-bond donors (Lipinski definition) is 2. The van der Waals surface area contributed by atoms with Crippen LogP contribution in [-0.4, -0.2) is 55.4 Å². The summed E-state index contributed by atoms with van der Waals surface area (Å²) in [6.45, 7) is 5.81. The molecule has 0 radical (unpaired) electrons. The van der Waals surface area contributed by atoms with Gasteiger partial charge in [0.05, 0.1) is 18.4 Å². The van der Waals surface area contributed by atoms with Gasteiger partial charge in [0.15, 0.2) is 0 Å². The number of unbranched alkanes of at least 4 members (excludes halogenated alkanes) is 1. The van der Waals surface area contributed by atoms with Gasteiger partial charge >= 0.3 is 6.09 Å². The minimum Gasteiger partial charge on any atom is -0.449 e. The Balaban J connectivity index is 0.00000341. The molecular weight excluding hydrogens is 421 g/mol. The molecule has 1 atom stereocenters. The molecule has 2 aromatic rings. The SMILES string of the molecule is CCCCOC(=O)Nc1cccc(C(O)CN2CCN(c3ccccc3F)CC2)c1.Cl. The predicted molar refractivity (Wildman–Crippen MR) is 124 cm³/mol. The fourth-order valence-electron chi connectivity index (χ4n) is 3.52. The van der Waals surface area contributed by atoms with Crippen molar-refractivity contribution in [3.8, 4) is 0 Å². The van der Waals surface area contributed by atoms with E-state index in [0.29, 0.717) is 37.6 Å². The van der Waals surface area contributed by atoms with Crippen molar-refractivity contribution in [1.82, 2.24) is 4.90 Å². The van der Waals surface area contributed by atoms with Gasteiger partial charge in [0.1, 0.15) is 5.82 Å². The average molecular weight is 452 g/mol. The van der Waals surface area contributed by atoms with Gasteiger partial charge in [-0.1, -0.05) is 37.6 Å². The maximum atomic E-state index is 14.0. The molecule has 8 heteroatoms. The second-order valence-corrected chi connectivity index (χ2v) is 7.49. The van der Waals surface area contributed by atoms with Crippen LogP contribution in [0, 0.1) is 5.82 Å². The molecule has 1 heterocycles. The predicted octanol–water partition coefficient (Wildman–Crippen LogP) is 4.45. The highest BCUT2D eigenvalue weighted by atomic mass is 35.5. The van der Waals surface area contributed by atoms with E-state index in [9.17, 15) is 14.3 Å². The Morgan fingerprint density at radius 1 is 1.16 bits per heavy atom. The number of carbonyl (C=O) groups excluding carboxylic acids is 1. The van der Waals surface area contributed by atoms with Crippen LogP contribution in [0.15, 0.2) is 48.5 Å². The minimum atomic E-state index is -0.678. The topological polar surface area (TPSA) is 65.0 Å². The third-order valence-electron chi connectivity index (χ3n) is 5.25. The van der Waals surface area contributed by atoms with Crippen LogP contribution in [0.5, 0.6) is 0 Å². The number of aliphatic hydroxyl groups is 1. The number of β-amino-alcohol motifs (C(OH)–C–C–N with tert-alkyl or cyclic N) is 1. The van der Waals surface area contributed by atoms with Crippen LogP contribution in [0.1, 0.15) is 31.4 Å². The van der Waals surface area contributed by atoms with E-state index in [2.05, 4.69) is 10.2 Å². The van der Waals surface area contributed by atoms with Crippen molar-refractivity contribution in [2.75, 3.05) is 49.5 Å². The number of nitrogens with one attached hydrogen (secondary N) is 1. The molecule has 1 amide bonds. The van der Waals surface area contributed by atoms with Gasteiger partial charge in [0.25, 0.3) is 0 Å². The van der Waals surface area contributed by atoms with Crippen LogP contribution in [0.2, 0.25) is 0 Å². The summed E-state index contributed by atoms with van der Waals surface area (Å²) in [6, 6.07) is 14.0. The number of ether oxygens (including phenoxy) is 1. The van der Waals surface area contributed by atoms with Crippen molar-refractivity contribution in [2.24, 2.45) is 0 Å². The van der Waals surface area contributed by atoms with Crippen molar-refractivity contribution in [2.45, 2.75) is 25.9 Å². The lowest BCUT2D eigenvalue weighted by molar-refractivity contribution is 0.109. The van der Waals surface area contributed by atoms with Gasteiger partial charge in [-0.2, -0.15) is 0 Å². The molecular formula is C23H31ClFN3O3. The molecule has 6 nitrogen and oxygen atoms in total. The smallest absolute Gasteiger partial charge is 0.411 e. The fourth-order valence-corrected chi connectivity index (χ4v) is 3.52. The van der Waals surface area contributed by atoms with Gasteiger partial charge in [-0.25, -0.2) is 9.18 Å². The van der Waals surface area contributed by atoms with Gasteiger partial charge in [0, 0.05) is 38.4 Å². The number of anilines is 2. The highest BCUT2D eigenvalue weighted by Gasteiger charge is 2.21. The highest BCUT2D eigenvalue weighted by Crippen LogP contribution is 2.22. The molecule has 3 rings (SSSR count). The van der Waals surface area contributed by atoms with Crippen LogP contribution in [0.4, 0.5) is 20.6 Å². The van der Waals surface area contributed by atoms with Gasteiger partial charge in [-0.15, -0.1) is 12.4 Å². The molecule has 0 aliphatic carbocycles. The van der Waals surface area contributed by atoms with E-state index in [-0.39, 0.29) is 18.2 Å². The number of carbonyl (C=O) groups is 1. The summed E-state index contributed by atoms with van der Waals surface area (Å²) < 4.78 is 19.1. The zero-order valence-electron chi connectivity index (χ0n) is 17.8. The third kappa shape index (κ3) is 7.38. The van der Waals surface area contributed by atoms with Crippen LogP contribution in [0.3, 0.4) is 0 Å². The van der Waals surface area contributed by atoms with E-state index < -0.39 is 12.2 Å². The Kier molecular flexibility index (Phi) is 10.0. The second kappa shape index (κ2) is 12.5. The highest BCUT2D eigenvalue weighted by molar-refractivity contribution is 5.85. The molecule has 0 aromatic heterocycles. The van der Waals surface area contributed by atoms with Gasteiger partial charge in [-0.05, 0) is 36.2 Å². The van der Waals surface area contributed by atoms with Crippen molar-refractivity contribution >= 4 is 29.9 Å². The Hall–Kier alpha value is -2.35. The van der Waals surface area contributed by atoms with Crippen LogP contribution in [0.25, 0.3) is 0 Å². The first-order valence-electron chi connectivity index (χ1n) is 10.5. The van der Waals surface area contributed by atoms with E-state index in [1.807, 2.05) is 24.0 Å². The Labute approximate surface area is 189 Å². The number of nitrogens with zero attached hydrogens (tertiary/aromatic N) is 2. The summed E-state index contributed by atoms with van der Waals surface area (Å²) in [5.74, 6) is -0.205. The first-order chi connectivity index (χ1) is 14.6. The number of hydrogen-bond acceptors (Lipinski definition) is 5. The molecule has 0 saturated carbocycles. The number of benzene rings is 2. The number of piperazine rings is 1. The zero-order chi connectivity index (χ0) is 21.3. The summed E-state index contributed by atoms with van der Waals surface area (Å²) in [6.07, 6.45) is 0.627. The van der Waals surface area contributed by atoms with Crippen molar-refractivity contribution < 1.29 is 19.0 Å². The molecule has 2 aromatic carbocycles. The van der Waals surface area contributed by atoms with E-state index in [4.69, 9.17) is 4.74 Å². The Morgan fingerprint density at radius 3 is 2.61 bits per heavy atom. The summed E-state index contributed by atoms with van der Waals surface area (Å²) in [4.78, 5) is 16.0. The number of halogens is 2. The molecule has 0 bridgehead atoms. The molecule has 1 fully saturated rings.